The molecule has 1 aromatic carbocycles. The second kappa shape index (κ2) is 9.82. The summed E-state index contributed by atoms with van der Waals surface area (Å²) in [6.07, 6.45) is 6.41. The predicted molar refractivity (Wildman–Crippen MR) is 78.6 cm³/mol. The van der Waals surface area contributed by atoms with Crippen molar-refractivity contribution in [2.75, 3.05) is 0 Å². The Kier molecular flexibility index (Phi) is 9.80. The summed E-state index contributed by atoms with van der Waals surface area (Å²) in [7, 11) is 0. The first-order valence-electron chi connectivity index (χ1n) is 6.54. The van der Waals surface area contributed by atoms with Crippen molar-refractivity contribution in [1.29, 1.82) is 0 Å². The van der Waals surface area contributed by atoms with Crippen molar-refractivity contribution in [2.24, 2.45) is 0 Å². The van der Waals surface area contributed by atoms with Crippen LogP contribution in [0.15, 0.2) is 18.2 Å². The first-order valence-corrected chi connectivity index (χ1v) is 6.54. The number of hydrogen-bond acceptors (Lipinski definition) is 1. The number of unbranched alkanes of at least 4 members (excludes halogenated alkanes) is 2. The molecule has 98 valence electrons. The Hall–Kier alpha value is -0.0503. The van der Waals surface area contributed by atoms with E-state index < -0.39 is 5.97 Å². The fraction of sp³-hybridized carbons (Fsp3) is 0.533. The van der Waals surface area contributed by atoms with Gasteiger partial charge in [-0.25, -0.2) is 4.79 Å². The van der Waals surface area contributed by atoms with E-state index in [2.05, 4.69) is 19.9 Å². The van der Waals surface area contributed by atoms with Crippen LogP contribution in [0.3, 0.4) is 0 Å². The van der Waals surface area contributed by atoms with Crippen LogP contribution in [0.1, 0.15) is 63.9 Å². The molecule has 0 heterocycles. The van der Waals surface area contributed by atoms with Crippen LogP contribution in [0.4, 0.5) is 0 Å². The molecular weight excluding hydrogens is 252 g/mol. The SMILES string of the molecule is CCCCc1ccc(C(=O)O)c(CCCC)c1.[Ca+2].[H-].[H-]. The quantitative estimate of drug-likeness (QED) is 0.767. The second-order valence-electron chi connectivity index (χ2n) is 4.50. The maximum atomic E-state index is 11.1. The third-order valence-electron chi connectivity index (χ3n) is 3.02. The Labute approximate surface area is 143 Å². The molecule has 1 aromatic rings. The number of carboxylic acids is 1. The van der Waals surface area contributed by atoms with E-state index in [1.165, 1.54) is 18.4 Å². The summed E-state index contributed by atoms with van der Waals surface area (Å²) in [4.78, 5) is 11.1. The fourth-order valence-corrected chi connectivity index (χ4v) is 1.97. The fourth-order valence-electron chi connectivity index (χ4n) is 1.97. The summed E-state index contributed by atoms with van der Waals surface area (Å²) in [6.45, 7) is 4.30. The zero-order valence-corrected chi connectivity index (χ0v) is 13.7. The average Bonchev–Trinajstić information content (AvgIpc) is 2.33. The van der Waals surface area contributed by atoms with Gasteiger partial charge in [0.25, 0.3) is 0 Å². The number of benzene rings is 1. The van der Waals surface area contributed by atoms with Gasteiger partial charge in [-0.1, -0.05) is 38.8 Å². The van der Waals surface area contributed by atoms with Crippen molar-refractivity contribution in [3.05, 3.63) is 34.9 Å². The van der Waals surface area contributed by atoms with Gasteiger partial charge in [-0.3, -0.25) is 0 Å². The Morgan fingerprint density at radius 2 is 1.78 bits per heavy atom. The van der Waals surface area contributed by atoms with E-state index in [9.17, 15) is 4.79 Å². The minimum absolute atomic E-state index is 0. The van der Waals surface area contributed by atoms with Gasteiger partial charge in [-0.2, -0.15) is 0 Å². The molecule has 1 N–H and O–H groups in total. The molecule has 0 amide bonds. The van der Waals surface area contributed by atoms with E-state index >= 15 is 0 Å². The predicted octanol–water partition coefficient (Wildman–Crippen LogP) is 3.91. The molecule has 0 unspecified atom stereocenters. The van der Waals surface area contributed by atoms with Crippen LogP contribution in [0.25, 0.3) is 0 Å². The third kappa shape index (κ3) is 5.73. The molecule has 0 aliphatic heterocycles. The van der Waals surface area contributed by atoms with Crippen molar-refractivity contribution < 1.29 is 12.8 Å². The van der Waals surface area contributed by atoms with Crippen molar-refractivity contribution in [1.82, 2.24) is 0 Å². The topological polar surface area (TPSA) is 37.3 Å². The van der Waals surface area contributed by atoms with Crippen molar-refractivity contribution in [2.45, 2.75) is 52.4 Å². The molecule has 0 saturated carbocycles. The molecule has 0 aliphatic rings. The van der Waals surface area contributed by atoms with Crippen LogP contribution in [0.2, 0.25) is 0 Å². The molecule has 0 spiro atoms. The molecule has 3 heteroatoms. The number of carboxylic acid groups (broad SMARTS) is 1. The Bertz CT molecular complexity index is 384. The first kappa shape index (κ1) is 17.9. The minimum Gasteiger partial charge on any atom is -1.00 e. The molecule has 0 radical (unpaired) electrons. The number of aryl methyl sites for hydroxylation is 2. The molecule has 1 rings (SSSR count). The molecule has 0 saturated heterocycles. The molecule has 0 atom stereocenters. The molecule has 0 aromatic heterocycles. The number of aromatic carboxylic acids is 1. The van der Waals surface area contributed by atoms with Crippen molar-refractivity contribution >= 4 is 43.7 Å². The molecular formula is C15H24CaO2. The van der Waals surface area contributed by atoms with Gasteiger partial charge in [0.15, 0.2) is 0 Å². The van der Waals surface area contributed by atoms with Gasteiger partial charge in [0.2, 0.25) is 0 Å². The van der Waals surface area contributed by atoms with Crippen LogP contribution in [-0.4, -0.2) is 48.8 Å². The standard InChI is InChI=1S/C15H22O2.Ca.2H/c1-3-5-7-12-9-10-14(15(16)17)13(11-12)8-6-4-2;;;/h9-11H,3-8H2,1-2H3,(H,16,17);;;/q;+2;2*-1. The zero-order chi connectivity index (χ0) is 12.7. The van der Waals surface area contributed by atoms with Gasteiger partial charge < -0.3 is 7.96 Å². The summed E-state index contributed by atoms with van der Waals surface area (Å²) in [5.74, 6) is -0.807. The average molecular weight is 276 g/mol. The van der Waals surface area contributed by atoms with Crippen LogP contribution >= 0.6 is 0 Å². The summed E-state index contributed by atoms with van der Waals surface area (Å²) < 4.78 is 0. The van der Waals surface area contributed by atoms with Crippen LogP contribution in [-0.2, 0) is 12.8 Å². The Balaban J connectivity index is -0.000000963. The minimum atomic E-state index is -0.807. The molecule has 2 nitrogen and oxygen atoms in total. The van der Waals surface area contributed by atoms with Gasteiger partial charge in [0.1, 0.15) is 0 Å². The van der Waals surface area contributed by atoms with Crippen LogP contribution < -0.4 is 0 Å². The monoisotopic (exact) mass is 276 g/mol. The smallest absolute Gasteiger partial charge is 1.00 e. The summed E-state index contributed by atoms with van der Waals surface area (Å²) in [6, 6.07) is 5.79. The Morgan fingerprint density at radius 3 is 2.33 bits per heavy atom. The van der Waals surface area contributed by atoms with E-state index in [4.69, 9.17) is 5.11 Å². The molecule has 18 heavy (non-hydrogen) atoms. The number of rotatable bonds is 7. The Morgan fingerprint density at radius 1 is 1.17 bits per heavy atom. The summed E-state index contributed by atoms with van der Waals surface area (Å²) >= 11 is 0. The van der Waals surface area contributed by atoms with E-state index in [1.54, 1.807) is 6.07 Å². The van der Waals surface area contributed by atoms with E-state index in [0.717, 1.165) is 31.2 Å². The third-order valence-corrected chi connectivity index (χ3v) is 3.02. The van der Waals surface area contributed by atoms with Crippen molar-refractivity contribution in [3.63, 3.8) is 0 Å². The largest absolute Gasteiger partial charge is 2.00 e. The number of hydrogen-bond donors (Lipinski definition) is 1. The van der Waals surface area contributed by atoms with E-state index in [1.807, 2.05) is 6.07 Å². The first-order chi connectivity index (χ1) is 8.19. The second-order valence-corrected chi connectivity index (χ2v) is 4.50. The molecule has 0 fully saturated rings. The van der Waals surface area contributed by atoms with E-state index in [0.29, 0.717) is 5.56 Å². The van der Waals surface area contributed by atoms with Gasteiger partial charge >= 0.3 is 43.7 Å². The van der Waals surface area contributed by atoms with Gasteiger partial charge in [-0.15, -0.1) is 0 Å². The zero-order valence-electron chi connectivity index (χ0n) is 13.5. The summed E-state index contributed by atoms with van der Waals surface area (Å²) in [5.41, 5.74) is 2.73. The maximum absolute atomic E-state index is 11.1. The molecule has 0 aliphatic carbocycles. The van der Waals surface area contributed by atoms with Crippen LogP contribution in [0.5, 0.6) is 0 Å². The normalized spacial score (nSPS) is 9.89. The van der Waals surface area contributed by atoms with Gasteiger partial charge in [0, 0.05) is 0 Å². The number of carbonyl (C=O) groups is 1. The maximum Gasteiger partial charge on any atom is 2.00 e. The van der Waals surface area contributed by atoms with Crippen molar-refractivity contribution in [3.8, 4) is 0 Å². The van der Waals surface area contributed by atoms with E-state index in [-0.39, 0.29) is 40.6 Å². The van der Waals surface area contributed by atoms with Crippen LogP contribution in [0, 0.1) is 0 Å². The summed E-state index contributed by atoms with van der Waals surface area (Å²) in [5, 5.41) is 9.13. The van der Waals surface area contributed by atoms with Gasteiger partial charge in [-0.05, 0) is 42.9 Å². The molecule has 0 bridgehead atoms. The van der Waals surface area contributed by atoms with Gasteiger partial charge in [0.05, 0.1) is 5.56 Å².